The van der Waals surface area contributed by atoms with Crippen LogP contribution in [0.15, 0.2) is 42.6 Å². The van der Waals surface area contributed by atoms with Crippen LogP contribution in [0.25, 0.3) is 10.9 Å². The van der Waals surface area contributed by atoms with Crippen LogP contribution in [0.5, 0.6) is 0 Å². The molecule has 0 saturated carbocycles. The molecule has 1 aromatic carbocycles. The molecule has 2 unspecified atom stereocenters. The van der Waals surface area contributed by atoms with Gasteiger partial charge in [-0.3, -0.25) is 4.72 Å². The first-order valence-electron chi connectivity index (χ1n) is 13.0. The average Bonchev–Trinajstić information content (AvgIpc) is 3.25. The minimum Gasteiger partial charge on any atom is -0.354 e. The number of hydrogen-bond donors (Lipinski definition) is 2. The molecule has 0 amide bonds. The summed E-state index contributed by atoms with van der Waals surface area (Å²) in [6.07, 6.45) is 6.73. The molecule has 1 aliphatic rings. The lowest BCUT2D eigenvalue weighted by Gasteiger charge is -2.42. The van der Waals surface area contributed by atoms with E-state index in [4.69, 9.17) is 4.98 Å². The first-order chi connectivity index (χ1) is 17.5. The van der Waals surface area contributed by atoms with E-state index in [9.17, 15) is 13.2 Å². The van der Waals surface area contributed by atoms with Crippen molar-refractivity contribution in [3.05, 3.63) is 48.2 Å². The molecular formula is C27H39N5O3SSi. The molecule has 10 heteroatoms. The Bertz CT molecular complexity index is 1350. The van der Waals surface area contributed by atoms with Gasteiger partial charge in [0.05, 0.1) is 12.3 Å². The quantitative estimate of drug-likeness (QED) is 0.280. The maximum Gasteiger partial charge on any atom is 0.229 e. The number of sulfonamides is 1. The number of nitrogens with zero attached hydrogens (tertiary/aromatic N) is 3. The van der Waals surface area contributed by atoms with Crippen LogP contribution in [-0.4, -0.2) is 64.2 Å². The second-order valence-corrected chi connectivity index (χ2v) is 18.6. The summed E-state index contributed by atoms with van der Waals surface area (Å²) >= 11 is 0. The molecule has 3 aromatic rings. The smallest absolute Gasteiger partial charge is 0.229 e. The highest BCUT2D eigenvalue weighted by molar-refractivity contribution is 7.92. The second kappa shape index (κ2) is 10.9. The Balaban J connectivity index is 1.53. The van der Waals surface area contributed by atoms with Crippen molar-refractivity contribution in [3.63, 3.8) is 0 Å². The van der Waals surface area contributed by atoms with Crippen molar-refractivity contribution in [1.29, 1.82) is 0 Å². The normalized spacial score (nSPS) is 18.7. The fourth-order valence-corrected chi connectivity index (χ4v) is 6.79. The fraction of sp³-hybridized carbons (Fsp3) is 0.481. The van der Waals surface area contributed by atoms with Crippen LogP contribution in [0.3, 0.4) is 0 Å². The summed E-state index contributed by atoms with van der Waals surface area (Å²) in [6.45, 7) is 11.0. The zero-order valence-corrected chi connectivity index (χ0v) is 24.3. The molecule has 0 aliphatic carbocycles. The lowest BCUT2D eigenvalue weighted by atomic mass is 9.95. The summed E-state index contributed by atoms with van der Waals surface area (Å²) in [4.78, 5) is 25.0. The summed E-state index contributed by atoms with van der Waals surface area (Å²) in [6, 6.07) is 12.8. The Kier molecular flexibility index (Phi) is 7.98. The predicted octanol–water partition coefficient (Wildman–Crippen LogP) is 4.88. The highest BCUT2D eigenvalue weighted by Gasteiger charge is 2.33. The molecule has 37 heavy (non-hydrogen) atoms. The van der Waals surface area contributed by atoms with E-state index in [2.05, 4.69) is 52.1 Å². The summed E-state index contributed by atoms with van der Waals surface area (Å²) in [5, 5.41) is 0.895. The molecule has 1 aliphatic heterocycles. The van der Waals surface area contributed by atoms with Crippen LogP contribution < -0.4 is 14.5 Å². The molecule has 4 rings (SSSR count). The number of carbonyl (C=O) groups is 1. The third-order valence-corrected chi connectivity index (χ3v) is 9.42. The maximum absolute atomic E-state index is 12.3. The Morgan fingerprint density at radius 1 is 1.24 bits per heavy atom. The van der Waals surface area contributed by atoms with Gasteiger partial charge in [-0.25, -0.2) is 13.4 Å². The number of H-pyrrole nitrogens is 1. The number of carbonyl (C=O) groups excluding carboxylic acids is 1. The zero-order chi connectivity index (χ0) is 26.8. The molecular weight excluding hydrogens is 502 g/mol. The minimum absolute atomic E-state index is 0.229. The first-order valence-corrected chi connectivity index (χ1v) is 18.6. The van der Waals surface area contributed by atoms with E-state index in [0.717, 1.165) is 67.4 Å². The van der Waals surface area contributed by atoms with Crippen LogP contribution in [0.2, 0.25) is 25.7 Å². The van der Waals surface area contributed by atoms with Crippen molar-refractivity contribution in [2.45, 2.75) is 64.0 Å². The lowest BCUT2D eigenvalue weighted by Crippen LogP contribution is -2.51. The van der Waals surface area contributed by atoms with E-state index >= 15 is 0 Å². The highest BCUT2D eigenvalue weighted by atomic mass is 32.2. The molecule has 3 heterocycles. The fourth-order valence-electron chi connectivity index (χ4n) is 5.21. The largest absolute Gasteiger partial charge is 0.354 e. The molecule has 2 atom stereocenters. The standard InChI is InChI=1S/C27H39N5O3SSi/c1-6-31(27-20(8-7-13-28-27)12-15-37(3,4)5)23-11-14-32(24(18-23)19-33)26-17-21-16-22(30-36(2,34)35)9-10-25(21)29-26/h7-10,13,16-17,19,23-24,29-30H,6,11-12,14-15,18H2,1-5H3. The topological polar surface area (TPSA) is 98.4 Å². The van der Waals surface area contributed by atoms with Crippen molar-refractivity contribution in [2.75, 3.05) is 33.9 Å². The van der Waals surface area contributed by atoms with Gasteiger partial charge in [0.2, 0.25) is 10.0 Å². The minimum atomic E-state index is -3.35. The van der Waals surface area contributed by atoms with Crippen LogP contribution in [0, 0.1) is 0 Å². The Morgan fingerprint density at radius 3 is 2.70 bits per heavy atom. The van der Waals surface area contributed by atoms with Gasteiger partial charge in [-0.1, -0.05) is 31.8 Å². The number of fused-ring (bicyclic) bond motifs is 1. The Labute approximate surface area is 221 Å². The molecule has 200 valence electrons. The highest BCUT2D eigenvalue weighted by Crippen LogP contribution is 2.32. The molecule has 0 spiro atoms. The second-order valence-electron chi connectivity index (χ2n) is 11.2. The summed E-state index contributed by atoms with van der Waals surface area (Å²) in [7, 11) is -4.53. The number of aldehydes is 1. The maximum atomic E-state index is 12.3. The molecule has 0 bridgehead atoms. The Morgan fingerprint density at radius 2 is 2.03 bits per heavy atom. The van der Waals surface area contributed by atoms with Crippen molar-refractivity contribution in [3.8, 4) is 0 Å². The third kappa shape index (κ3) is 6.73. The number of aryl methyl sites for hydroxylation is 1. The van der Waals surface area contributed by atoms with E-state index in [1.54, 1.807) is 12.1 Å². The summed E-state index contributed by atoms with van der Waals surface area (Å²) < 4.78 is 25.7. The number of pyridine rings is 1. The molecule has 2 N–H and O–H groups in total. The number of piperidine rings is 1. The third-order valence-electron chi connectivity index (χ3n) is 7.06. The number of nitrogens with one attached hydrogen (secondary N) is 2. The van der Waals surface area contributed by atoms with Gasteiger partial charge in [0.15, 0.2) is 0 Å². The van der Waals surface area contributed by atoms with Gasteiger partial charge in [0.25, 0.3) is 0 Å². The summed E-state index contributed by atoms with van der Waals surface area (Å²) in [5.41, 5.74) is 2.72. The first kappa shape index (κ1) is 27.2. The zero-order valence-electron chi connectivity index (χ0n) is 22.5. The average molecular weight is 542 g/mol. The van der Waals surface area contributed by atoms with Crippen molar-refractivity contribution >= 4 is 52.6 Å². The van der Waals surface area contributed by atoms with Crippen LogP contribution in [0.1, 0.15) is 25.3 Å². The van der Waals surface area contributed by atoms with E-state index in [1.807, 2.05) is 24.4 Å². The molecule has 8 nitrogen and oxygen atoms in total. The van der Waals surface area contributed by atoms with Crippen molar-refractivity contribution in [1.82, 2.24) is 9.97 Å². The number of hydrogen-bond acceptors (Lipinski definition) is 6. The Hall–Kier alpha value is -2.85. The van der Waals surface area contributed by atoms with Crippen LogP contribution >= 0.6 is 0 Å². The summed E-state index contributed by atoms with van der Waals surface area (Å²) in [5.74, 6) is 1.93. The van der Waals surface area contributed by atoms with E-state index in [0.29, 0.717) is 5.69 Å². The van der Waals surface area contributed by atoms with E-state index in [1.165, 1.54) is 11.6 Å². The van der Waals surface area contributed by atoms with Gasteiger partial charge < -0.3 is 19.6 Å². The molecule has 2 aromatic heterocycles. The number of aromatic amines is 1. The molecule has 1 saturated heterocycles. The van der Waals surface area contributed by atoms with Crippen molar-refractivity contribution in [2.24, 2.45) is 0 Å². The van der Waals surface area contributed by atoms with Gasteiger partial charge in [-0.2, -0.15) is 0 Å². The van der Waals surface area contributed by atoms with E-state index < -0.39 is 18.1 Å². The van der Waals surface area contributed by atoms with Crippen molar-refractivity contribution < 1.29 is 13.2 Å². The number of rotatable bonds is 10. The number of aromatic nitrogens is 2. The van der Waals surface area contributed by atoms with Gasteiger partial charge in [0, 0.05) is 50.0 Å². The number of benzene rings is 1. The molecule has 1 fully saturated rings. The van der Waals surface area contributed by atoms with E-state index in [-0.39, 0.29) is 12.1 Å². The molecule has 0 radical (unpaired) electrons. The van der Waals surface area contributed by atoms with Gasteiger partial charge in [-0.05, 0) is 62.1 Å². The monoisotopic (exact) mass is 541 g/mol. The van der Waals surface area contributed by atoms with Gasteiger partial charge in [-0.15, -0.1) is 0 Å². The number of anilines is 3. The van der Waals surface area contributed by atoms with Gasteiger partial charge in [0.1, 0.15) is 17.9 Å². The van der Waals surface area contributed by atoms with Crippen LogP contribution in [-0.2, 0) is 21.2 Å². The van der Waals surface area contributed by atoms with Gasteiger partial charge >= 0.3 is 0 Å². The predicted molar refractivity (Wildman–Crippen MR) is 156 cm³/mol. The lowest BCUT2D eigenvalue weighted by molar-refractivity contribution is -0.109. The van der Waals surface area contributed by atoms with Crippen LogP contribution in [0.4, 0.5) is 17.3 Å². The SMILES string of the molecule is CCN(c1ncccc1CC[Si](C)(C)C)C1CCN(c2cc3cc(NS(C)(=O)=O)ccc3[nH]2)C(C=O)C1.